The molecule has 0 radical (unpaired) electrons. The minimum Gasteiger partial charge on any atom is -0.291 e. The maximum Gasteiger partial charge on any atom is 0.249 e. The fraction of sp³-hybridized carbons (Fsp3) is 0.750. The highest BCUT2D eigenvalue weighted by Gasteiger charge is 1.93. The van der Waals surface area contributed by atoms with E-state index in [1.54, 1.807) is 14.1 Å². The van der Waals surface area contributed by atoms with Crippen molar-refractivity contribution in [3.63, 3.8) is 0 Å². The molecule has 0 aliphatic carbocycles. The molecule has 0 spiro atoms. The number of amides is 1. The minimum atomic E-state index is -0.105. The molecule has 5 heteroatoms. The molecule has 0 unspecified atom stereocenters. The standard InChI is InChI=1S/C4H12N4O/c1-5-7-3-4(9)8-6-2/h5-7H,3H2,1-2H3,(H,8,9). The first-order valence-electron chi connectivity index (χ1n) is 2.66. The van der Waals surface area contributed by atoms with Crippen LogP contribution in [0.1, 0.15) is 0 Å². The van der Waals surface area contributed by atoms with Crippen molar-refractivity contribution in [3.05, 3.63) is 0 Å². The van der Waals surface area contributed by atoms with Gasteiger partial charge in [-0.15, -0.1) is 0 Å². The van der Waals surface area contributed by atoms with E-state index >= 15 is 0 Å². The molecule has 5 nitrogen and oxygen atoms in total. The molecule has 0 aromatic rings. The van der Waals surface area contributed by atoms with E-state index in [-0.39, 0.29) is 12.5 Å². The topological polar surface area (TPSA) is 65.2 Å². The molecule has 0 aliphatic heterocycles. The van der Waals surface area contributed by atoms with Gasteiger partial charge in [0, 0.05) is 7.05 Å². The van der Waals surface area contributed by atoms with Gasteiger partial charge in [-0.25, -0.2) is 10.9 Å². The number of carbonyl (C=O) groups excluding carboxylic acids is 1. The lowest BCUT2D eigenvalue weighted by Gasteiger charge is -2.02. The van der Waals surface area contributed by atoms with E-state index in [4.69, 9.17) is 0 Å². The fourth-order valence-corrected chi connectivity index (χ4v) is 0.352. The molecule has 0 aliphatic rings. The second kappa shape index (κ2) is 5.49. The van der Waals surface area contributed by atoms with Gasteiger partial charge in [0.2, 0.25) is 5.91 Å². The zero-order chi connectivity index (χ0) is 7.11. The Hall–Kier alpha value is -0.650. The van der Waals surface area contributed by atoms with Crippen molar-refractivity contribution >= 4 is 5.91 Å². The summed E-state index contributed by atoms with van der Waals surface area (Å²) in [5.74, 6) is -0.105. The first-order chi connectivity index (χ1) is 4.31. The van der Waals surface area contributed by atoms with E-state index in [0.717, 1.165) is 0 Å². The fourth-order valence-electron chi connectivity index (χ4n) is 0.352. The average molecular weight is 132 g/mol. The first-order valence-corrected chi connectivity index (χ1v) is 2.66. The molecule has 0 aromatic heterocycles. The first kappa shape index (κ1) is 8.35. The van der Waals surface area contributed by atoms with Gasteiger partial charge in [0.25, 0.3) is 0 Å². The van der Waals surface area contributed by atoms with Crippen LogP contribution >= 0.6 is 0 Å². The van der Waals surface area contributed by atoms with Gasteiger partial charge < -0.3 is 0 Å². The molecule has 0 rings (SSSR count). The van der Waals surface area contributed by atoms with Gasteiger partial charge in [-0.2, -0.15) is 0 Å². The lowest BCUT2D eigenvalue weighted by atomic mass is 10.6. The molecule has 0 fully saturated rings. The number of hydrogen-bond acceptors (Lipinski definition) is 4. The third-order valence-corrected chi connectivity index (χ3v) is 0.690. The van der Waals surface area contributed by atoms with Crippen LogP contribution in [-0.4, -0.2) is 26.5 Å². The second-order valence-electron chi connectivity index (χ2n) is 1.40. The van der Waals surface area contributed by atoms with Gasteiger partial charge in [-0.05, 0) is 7.05 Å². The van der Waals surface area contributed by atoms with Gasteiger partial charge in [-0.3, -0.25) is 15.6 Å². The van der Waals surface area contributed by atoms with Crippen molar-refractivity contribution in [2.24, 2.45) is 0 Å². The Labute approximate surface area is 54.1 Å². The summed E-state index contributed by atoms with van der Waals surface area (Å²) in [6.07, 6.45) is 0. The van der Waals surface area contributed by atoms with E-state index in [1.807, 2.05) is 0 Å². The zero-order valence-electron chi connectivity index (χ0n) is 5.62. The van der Waals surface area contributed by atoms with Crippen LogP contribution < -0.4 is 21.7 Å². The largest absolute Gasteiger partial charge is 0.291 e. The SMILES string of the molecule is CNNCC(=O)NNC. The van der Waals surface area contributed by atoms with Crippen LogP contribution in [0, 0.1) is 0 Å². The summed E-state index contributed by atoms with van der Waals surface area (Å²) in [6, 6.07) is 0. The molecular formula is C4H12N4O. The third-order valence-electron chi connectivity index (χ3n) is 0.690. The van der Waals surface area contributed by atoms with Crippen molar-refractivity contribution < 1.29 is 4.79 Å². The maximum absolute atomic E-state index is 10.5. The van der Waals surface area contributed by atoms with Crippen LogP contribution in [0.4, 0.5) is 0 Å². The number of carbonyl (C=O) groups is 1. The molecule has 0 saturated heterocycles. The van der Waals surface area contributed by atoms with Gasteiger partial charge in [0.05, 0.1) is 6.54 Å². The van der Waals surface area contributed by atoms with Gasteiger partial charge in [0.1, 0.15) is 0 Å². The Bertz CT molecular complexity index is 84.6. The monoisotopic (exact) mass is 132 g/mol. The van der Waals surface area contributed by atoms with Crippen molar-refractivity contribution in [3.8, 4) is 0 Å². The van der Waals surface area contributed by atoms with Gasteiger partial charge in [-0.1, -0.05) is 0 Å². The smallest absolute Gasteiger partial charge is 0.249 e. The molecule has 0 bridgehead atoms. The molecule has 0 atom stereocenters. The Morgan fingerprint density at radius 2 is 2.00 bits per heavy atom. The summed E-state index contributed by atoms with van der Waals surface area (Å²) in [7, 11) is 3.34. The molecule has 0 saturated carbocycles. The Balaban J connectivity index is 3.06. The Morgan fingerprint density at radius 3 is 2.44 bits per heavy atom. The summed E-state index contributed by atoms with van der Waals surface area (Å²) >= 11 is 0. The molecule has 0 aromatic carbocycles. The highest BCUT2D eigenvalue weighted by molar-refractivity contribution is 5.77. The number of hydrazine groups is 2. The van der Waals surface area contributed by atoms with Crippen molar-refractivity contribution in [1.29, 1.82) is 0 Å². The molecule has 4 N–H and O–H groups in total. The zero-order valence-corrected chi connectivity index (χ0v) is 5.62. The van der Waals surface area contributed by atoms with Crippen LogP contribution in [-0.2, 0) is 4.79 Å². The normalized spacial score (nSPS) is 9.11. The molecule has 54 valence electrons. The quantitative estimate of drug-likeness (QED) is 0.333. The van der Waals surface area contributed by atoms with E-state index in [0.29, 0.717) is 0 Å². The van der Waals surface area contributed by atoms with Crippen molar-refractivity contribution in [1.82, 2.24) is 21.7 Å². The Kier molecular flexibility index (Phi) is 5.09. The summed E-state index contributed by atoms with van der Waals surface area (Å²) in [5, 5.41) is 0. The van der Waals surface area contributed by atoms with Crippen LogP contribution in [0.3, 0.4) is 0 Å². The Morgan fingerprint density at radius 1 is 1.33 bits per heavy atom. The maximum atomic E-state index is 10.5. The van der Waals surface area contributed by atoms with E-state index in [9.17, 15) is 4.79 Å². The van der Waals surface area contributed by atoms with Crippen LogP contribution in [0.25, 0.3) is 0 Å². The average Bonchev–Trinajstić information content (AvgIpc) is 1.85. The van der Waals surface area contributed by atoms with E-state index in [2.05, 4.69) is 21.7 Å². The molecule has 0 heterocycles. The molecule has 9 heavy (non-hydrogen) atoms. The predicted octanol–water partition coefficient (Wildman–Crippen LogP) is -2.04. The minimum absolute atomic E-state index is 0.105. The number of hydrogen-bond donors (Lipinski definition) is 4. The highest BCUT2D eigenvalue weighted by atomic mass is 16.2. The lowest BCUT2D eigenvalue weighted by Crippen LogP contribution is -2.43. The van der Waals surface area contributed by atoms with Crippen LogP contribution in [0.15, 0.2) is 0 Å². The van der Waals surface area contributed by atoms with Gasteiger partial charge in [0.15, 0.2) is 0 Å². The summed E-state index contributed by atoms with van der Waals surface area (Å²) < 4.78 is 0. The summed E-state index contributed by atoms with van der Waals surface area (Å²) in [4.78, 5) is 10.5. The molecular weight excluding hydrogens is 120 g/mol. The second-order valence-corrected chi connectivity index (χ2v) is 1.40. The van der Waals surface area contributed by atoms with E-state index < -0.39 is 0 Å². The van der Waals surface area contributed by atoms with Crippen molar-refractivity contribution in [2.75, 3.05) is 20.6 Å². The predicted molar refractivity (Wildman–Crippen MR) is 34.3 cm³/mol. The highest BCUT2D eigenvalue weighted by Crippen LogP contribution is 1.53. The number of nitrogens with one attached hydrogen (secondary N) is 4. The lowest BCUT2D eigenvalue weighted by molar-refractivity contribution is -0.121. The molecule has 1 amide bonds. The third kappa shape index (κ3) is 5.22. The van der Waals surface area contributed by atoms with E-state index in [1.165, 1.54) is 0 Å². The van der Waals surface area contributed by atoms with Crippen molar-refractivity contribution in [2.45, 2.75) is 0 Å². The van der Waals surface area contributed by atoms with Crippen LogP contribution in [0.5, 0.6) is 0 Å². The van der Waals surface area contributed by atoms with Gasteiger partial charge >= 0.3 is 0 Å². The summed E-state index contributed by atoms with van der Waals surface area (Å²) in [5.41, 5.74) is 10.1. The van der Waals surface area contributed by atoms with Crippen LogP contribution in [0.2, 0.25) is 0 Å². The number of rotatable bonds is 4. The summed E-state index contributed by atoms with van der Waals surface area (Å²) in [6.45, 7) is 0.261.